The maximum Gasteiger partial charge on any atom is 0.276 e. The van der Waals surface area contributed by atoms with Gasteiger partial charge < -0.3 is 19.7 Å². The van der Waals surface area contributed by atoms with Crippen LogP contribution in [-0.2, 0) is 4.74 Å². The largest absolute Gasteiger partial charge is 0.491 e. The number of fused-ring (bicyclic) bond motifs is 1. The summed E-state index contributed by atoms with van der Waals surface area (Å²) in [6, 6.07) is 7.51. The zero-order chi connectivity index (χ0) is 20.2. The van der Waals surface area contributed by atoms with E-state index in [1.54, 1.807) is 7.11 Å². The van der Waals surface area contributed by atoms with E-state index in [-0.39, 0.29) is 18.3 Å². The summed E-state index contributed by atoms with van der Waals surface area (Å²) in [5.74, 6) is 2.13. The van der Waals surface area contributed by atoms with Gasteiger partial charge in [0.15, 0.2) is 5.69 Å². The molecule has 1 aromatic carbocycles. The van der Waals surface area contributed by atoms with Crippen LogP contribution in [0.3, 0.4) is 0 Å². The smallest absolute Gasteiger partial charge is 0.276 e. The van der Waals surface area contributed by atoms with Crippen LogP contribution in [0, 0.1) is 18.8 Å². The number of ether oxygens (including phenoxy) is 2. The Morgan fingerprint density at radius 1 is 1.10 bits per heavy atom. The van der Waals surface area contributed by atoms with E-state index < -0.39 is 0 Å². The molecule has 0 bridgehead atoms. The number of likely N-dealkylation sites (tertiary alicyclic amines) is 1. The Balaban J connectivity index is 0.00000256. The summed E-state index contributed by atoms with van der Waals surface area (Å²) in [6.07, 6.45) is 2.11. The monoisotopic (exact) mass is 435 g/mol. The van der Waals surface area contributed by atoms with E-state index in [0.29, 0.717) is 36.4 Å². The van der Waals surface area contributed by atoms with Gasteiger partial charge in [0.05, 0.1) is 18.0 Å². The highest BCUT2D eigenvalue weighted by Crippen LogP contribution is 2.27. The third kappa shape index (κ3) is 4.94. The van der Waals surface area contributed by atoms with Crippen molar-refractivity contribution in [3.8, 4) is 11.4 Å². The summed E-state index contributed by atoms with van der Waals surface area (Å²) in [5, 5.41) is 12.4. The Morgan fingerprint density at radius 2 is 1.77 bits per heavy atom. The first-order valence-corrected chi connectivity index (χ1v) is 10.3. The Bertz CT molecular complexity index is 828. The lowest BCUT2D eigenvalue weighted by molar-refractivity contribution is 0.0751. The standard InChI is InChI=1S/C21H29N5O3.ClH/c1-15-20(21(27)25-9-7-16-13-22-14-17(16)8-10-25)24-26(23-15)18-3-5-19(6-4-18)29-12-11-28-2;/h3-6,16-17,22H,7-14H2,1-2H3;1H/t16-,17+;. The molecule has 2 aliphatic rings. The van der Waals surface area contributed by atoms with Crippen molar-refractivity contribution in [1.82, 2.24) is 25.2 Å². The lowest BCUT2D eigenvalue weighted by Crippen LogP contribution is -2.33. The number of aryl methyl sites for hydroxylation is 1. The fourth-order valence-corrected chi connectivity index (χ4v) is 4.18. The maximum absolute atomic E-state index is 13.1. The van der Waals surface area contributed by atoms with Gasteiger partial charge in [-0.05, 0) is 69.0 Å². The highest BCUT2D eigenvalue weighted by atomic mass is 35.5. The summed E-state index contributed by atoms with van der Waals surface area (Å²) in [4.78, 5) is 16.6. The maximum atomic E-state index is 13.1. The number of rotatable bonds is 6. The minimum absolute atomic E-state index is 0. The van der Waals surface area contributed by atoms with Gasteiger partial charge in [0, 0.05) is 20.2 Å². The van der Waals surface area contributed by atoms with Crippen LogP contribution < -0.4 is 10.1 Å². The summed E-state index contributed by atoms with van der Waals surface area (Å²) in [7, 11) is 1.64. The Labute approximate surface area is 183 Å². The van der Waals surface area contributed by atoms with E-state index in [1.807, 2.05) is 36.1 Å². The minimum atomic E-state index is -0.0128. The van der Waals surface area contributed by atoms with Gasteiger partial charge in [-0.25, -0.2) is 0 Å². The van der Waals surface area contributed by atoms with Crippen molar-refractivity contribution in [2.24, 2.45) is 11.8 Å². The van der Waals surface area contributed by atoms with E-state index in [9.17, 15) is 4.79 Å². The number of hydrogen-bond donors (Lipinski definition) is 1. The second-order valence-corrected chi connectivity index (χ2v) is 7.81. The summed E-state index contributed by atoms with van der Waals surface area (Å²) < 4.78 is 10.6. The Morgan fingerprint density at radius 3 is 2.40 bits per heavy atom. The zero-order valence-electron chi connectivity index (χ0n) is 17.5. The normalized spacial score (nSPS) is 20.9. The zero-order valence-corrected chi connectivity index (χ0v) is 18.4. The number of carbonyl (C=O) groups is 1. The molecule has 1 N–H and O–H groups in total. The number of carbonyl (C=O) groups excluding carboxylic acids is 1. The van der Waals surface area contributed by atoms with Gasteiger partial charge in [-0.1, -0.05) is 0 Å². The highest BCUT2D eigenvalue weighted by Gasteiger charge is 2.32. The second kappa shape index (κ2) is 10.2. The van der Waals surface area contributed by atoms with Gasteiger partial charge in [0.1, 0.15) is 12.4 Å². The third-order valence-electron chi connectivity index (χ3n) is 5.92. The van der Waals surface area contributed by atoms with E-state index in [1.165, 1.54) is 4.80 Å². The fourth-order valence-electron chi connectivity index (χ4n) is 4.18. The number of hydrogen-bond acceptors (Lipinski definition) is 6. The lowest BCUT2D eigenvalue weighted by atomic mass is 9.92. The molecule has 2 aromatic rings. The van der Waals surface area contributed by atoms with Crippen molar-refractivity contribution in [2.75, 3.05) is 46.5 Å². The van der Waals surface area contributed by atoms with Crippen molar-refractivity contribution in [1.29, 1.82) is 0 Å². The topological polar surface area (TPSA) is 81.5 Å². The molecule has 0 aliphatic carbocycles. The fraction of sp³-hybridized carbons (Fsp3) is 0.571. The molecule has 4 rings (SSSR count). The molecule has 0 unspecified atom stereocenters. The number of benzene rings is 1. The first-order chi connectivity index (χ1) is 14.2. The lowest BCUT2D eigenvalue weighted by Gasteiger charge is -2.19. The van der Waals surface area contributed by atoms with Gasteiger partial charge in [-0.15, -0.1) is 17.5 Å². The molecule has 3 heterocycles. The van der Waals surface area contributed by atoms with E-state index in [2.05, 4.69) is 15.5 Å². The minimum Gasteiger partial charge on any atom is -0.491 e. The van der Waals surface area contributed by atoms with E-state index in [0.717, 1.165) is 50.5 Å². The van der Waals surface area contributed by atoms with Crippen LogP contribution in [0.4, 0.5) is 0 Å². The first kappa shape index (κ1) is 22.5. The number of halogens is 1. The molecule has 164 valence electrons. The molecular formula is C21H30ClN5O3. The number of aromatic nitrogens is 3. The molecule has 0 spiro atoms. The quantitative estimate of drug-likeness (QED) is 0.700. The molecule has 2 saturated heterocycles. The summed E-state index contributed by atoms with van der Waals surface area (Å²) in [6.45, 7) is 6.63. The van der Waals surface area contributed by atoms with Crippen LogP contribution >= 0.6 is 12.4 Å². The number of nitrogens with zero attached hydrogens (tertiary/aromatic N) is 4. The van der Waals surface area contributed by atoms with Crippen LogP contribution in [0.25, 0.3) is 5.69 Å². The van der Waals surface area contributed by atoms with E-state index in [4.69, 9.17) is 9.47 Å². The molecule has 0 radical (unpaired) electrons. The first-order valence-electron chi connectivity index (χ1n) is 10.3. The highest BCUT2D eigenvalue weighted by molar-refractivity contribution is 5.93. The summed E-state index contributed by atoms with van der Waals surface area (Å²) in [5.41, 5.74) is 1.89. The predicted molar refractivity (Wildman–Crippen MR) is 116 cm³/mol. The SMILES string of the molecule is COCCOc1ccc(-n2nc(C)c(C(=O)N3CC[C@@H]4CNC[C@@H]4CC3)n2)cc1.Cl. The van der Waals surface area contributed by atoms with E-state index >= 15 is 0 Å². The third-order valence-corrected chi connectivity index (χ3v) is 5.92. The molecule has 1 aromatic heterocycles. The van der Waals surface area contributed by atoms with Crippen LogP contribution in [0.15, 0.2) is 24.3 Å². The molecule has 2 aliphatic heterocycles. The average Bonchev–Trinajstić information content (AvgIpc) is 3.29. The molecule has 1 amide bonds. The van der Waals surface area contributed by atoms with Crippen molar-refractivity contribution in [2.45, 2.75) is 19.8 Å². The van der Waals surface area contributed by atoms with Gasteiger partial charge in [-0.3, -0.25) is 4.79 Å². The van der Waals surface area contributed by atoms with Gasteiger partial charge >= 0.3 is 0 Å². The molecular weight excluding hydrogens is 406 g/mol. The molecule has 2 fully saturated rings. The molecule has 2 atom stereocenters. The van der Waals surface area contributed by atoms with Crippen molar-refractivity contribution >= 4 is 18.3 Å². The Kier molecular flexibility index (Phi) is 7.69. The van der Waals surface area contributed by atoms with Crippen LogP contribution in [0.2, 0.25) is 0 Å². The molecule has 9 heteroatoms. The molecule has 8 nitrogen and oxygen atoms in total. The van der Waals surface area contributed by atoms with Crippen molar-refractivity contribution < 1.29 is 14.3 Å². The van der Waals surface area contributed by atoms with Crippen LogP contribution in [-0.4, -0.2) is 72.3 Å². The summed E-state index contributed by atoms with van der Waals surface area (Å²) >= 11 is 0. The van der Waals surface area contributed by atoms with Crippen LogP contribution in [0.1, 0.15) is 29.0 Å². The predicted octanol–water partition coefficient (Wildman–Crippen LogP) is 2.09. The van der Waals surface area contributed by atoms with Gasteiger partial charge in [0.25, 0.3) is 5.91 Å². The van der Waals surface area contributed by atoms with Crippen molar-refractivity contribution in [3.05, 3.63) is 35.7 Å². The Hall–Kier alpha value is -2.16. The van der Waals surface area contributed by atoms with Gasteiger partial charge in [-0.2, -0.15) is 9.90 Å². The van der Waals surface area contributed by atoms with Gasteiger partial charge in [0.2, 0.25) is 0 Å². The number of methoxy groups -OCH3 is 1. The number of nitrogens with one attached hydrogen (secondary N) is 1. The molecule has 0 saturated carbocycles. The average molecular weight is 436 g/mol. The molecule has 30 heavy (non-hydrogen) atoms. The number of amides is 1. The van der Waals surface area contributed by atoms with Crippen molar-refractivity contribution in [3.63, 3.8) is 0 Å². The van der Waals surface area contributed by atoms with Crippen LogP contribution in [0.5, 0.6) is 5.75 Å². The second-order valence-electron chi connectivity index (χ2n) is 7.81.